The molecule has 0 aliphatic heterocycles. The Labute approximate surface area is 162 Å². The van der Waals surface area contributed by atoms with Gasteiger partial charge in [-0.1, -0.05) is 57.1 Å². The monoisotopic (exact) mass is 372 g/mol. The van der Waals surface area contributed by atoms with Gasteiger partial charge in [-0.2, -0.15) is 0 Å². The highest BCUT2D eigenvalue weighted by molar-refractivity contribution is 5.39. The second-order valence-corrected chi connectivity index (χ2v) is 7.31. The third-order valence-corrected chi connectivity index (χ3v) is 5.03. The lowest BCUT2D eigenvalue weighted by Gasteiger charge is -2.06. The fourth-order valence-corrected chi connectivity index (χ4v) is 3.40. The van der Waals surface area contributed by atoms with Gasteiger partial charge in [0.15, 0.2) is 0 Å². The Kier molecular flexibility index (Phi) is 8.82. The van der Waals surface area contributed by atoms with Gasteiger partial charge in [-0.15, -0.1) is 0 Å². The van der Waals surface area contributed by atoms with E-state index in [9.17, 15) is 20.4 Å². The molecule has 0 heterocycles. The first-order valence-electron chi connectivity index (χ1n) is 10.1. The van der Waals surface area contributed by atoms with Crippen molar-refractivity contribution in [3.8, 4) is 23.0 Å². The standard InChI is InChI=1S/C23H32O4/c24-20-14-12-18(22(26)16-20)10-8-6-4-2-1-3-5-7-9-11-19-13-15-21(25)17-23(19)27/h12-17,24-27H,1-11H2. The van der Waals surface area contributed by atoms with E-state index >= 15 is 0 Å². The number of rotatable bonds is 12. The fourth-order valence-electron chi connectivity index (χ4n) is 3.40. The number of aryl methyl sites for hydroxylation is 2. The Balaban J connectivity index is 1.43. The van der Waals surface area contributed by atoms with E-state index < -0.39 is 0 Å². The molecule has 2 rings (SSSR count). The summed E-state index contributed by atoms with van der Waals surface area (Å²) < 4.78 is 0. The molecule has 0 aliphatic rings. The third-order valence-electron chi connectivity index (χ3n) is 5.03. The van der Waals surface area contributed by atoms with Crippen LogP contribution < -0.4 is 0 Å². The lowest BCUT2D eigenvalue weighted by Crippen LogP contribution is -1.88. The highest BCUT2D eigenvalue weighted by atomic mass is 16.3. The van der Waals surface area contributed by atoms with Crippen LogP contribution in [0.2, 0.25) is 0 Å². The molecule has 0 spiro atoms. The second kappa shape index (κ2) is 11.4. The summed E-state index contributed by atoms with van der Waals surface area (Å²) in [6, 6.07) is 9.64. The molecule has 0 saturated heterocycles. The summed E-state index contributed by atoms with van der Waals surface area (Å²) in [5.74, 6) is 0.596. The third kappa shape index (κ3) is 7.81. The maximum absolute atomic E-state index is 9.75. The molecule has 0 aliphatic carbocycles. The van der Waals surface area contributed by atoms with Crippen molar-refractivity contribution in [3.05, 3.63) is 47.5 Å². The number of benzene rings is 2. The Morgan fingerprint density at radius 1 is 0.444 bits per heavy atom. The van der Waals surface area contributed by atoms with Gasteiger partial charge in [0.25, 0.3) is 0 Å². The molecule has 0 aromatic heterocycles. The van der Waals surface area contributed by atoms with Crippen molar-refractivity contribution < 1.29 is 20.4 Å². The van der Waals surface area contributed by atoms with E-state index in [-0.39, 0.29) is 23.0 Å². The lowest BCUT2D eigenvalue weighted by molar-refractivity contribution is 0.444. The number of phenolic OH excluding ortho intramolecular Hbond substituents is 4. The summed E-state index contributed by atoms with van der Waals surface area (Å²) in [4.78, 5) is 0. The lowest BCUT2D eigenvalue weighted by atomic mass is 10.0. The maximum Gasteiger partial charge on any atom is 0.122 e. The van der Waals surface area contributed by atoms with Crippen LogP contribution in [0.1, 0.15) is 68.9 Å². The van der Waals surface area contributed by atoms with Crippen LogP contribution in [0.3, 0.4) is 0 Å². The first kappa shape index (κ1) is 20.9. The molecule has 2 aromatic carbocycles. The average Bonchev–Trinajstić information content (AvgIpc) is 2.62. The zero-order chi connectivity index (χ0) is 19.5. The topological polar surface area (TPSA) is 80.9 Å². The number of aromatic hydroxyl groups is 4. The summed E-state index contributed by atoms with van der Waals surface area (Å²) in [6.07, 6.45) is 12.4. The Hall–Kier alpha value is -2.36. The van der Waals surface area contributed by atoms with Crippen LogP contribution in [0.25, 0.3) is 0 Å². The van der Waals surface area contributed by atoms with E-state index in [4.69, 9.17) is 0 Å². The molecule has 0 atom stereocenters. The van der Waals surface area contributed by atoms with Gasteiger partial charge in [0.1, 0.15) is 23.0 Å². The van der Waals surface area contributed by atoms with Crippen LogP contribution in [-0.2, 0) is 12.8 Å². The van der Waals surface area contributed by atoms with E-state index in [1.54, 1.807) is 24.3 Å². The van der Waals surface area contributed by atoms with Crippen molar-refractivity contribution in [2.45, 2.75) is 70.6 Å². The molecule has 2 aromatic rings. The Morgan fingerprint density at radius 2 is 0.778 bits per heavy atom. The van der Waals surface area contributed by atoms with Gasteiger partial charge in [0.2, 0.25) is 0 Å². The van der Waals surface area contributed by atoms with Gasteiger partial charge < -0.3 is 20.4 Å². The minimum Gasteiger partial charge on any atom is -0.508 e. The molecule has 0 saturated carbocycles. The molecule has 4 heteroatoms. The van der Waals surface area contributed by atoms with E-state index in [2.05, 4.69) is 0 Å². The SMILES string of the molecule is Oc1ccc(CCCCCCCCCCCc2ccc(O)cc2O)c(O)c1. The van der Waals surface area contributed by atoms with Gasteiger partial charge in [-0.05, 0) is 48.9 Å². The molecule has 0 unspecified atom stereocenters. The molecular formula is C23H32O4. The summed E-state index contributed by atoms with van der Waals surface area (Å²) in [5.41, 5.74) is 1.82. The van der Waals surface area contributed by atoms with Crippen LogP contribution in [0.5, 0.6) is 23.0 Å². The van der Waals surface area contributed by atoms with E-state index in [1.165, 1.54) is 57.1 Å². The zero-order valence-electron chi connectivity index (χ0n) is 16.0. The van der Waals surface area contributed by atoms with Crippen molar-refractivity contribution in [1.82, 2.24) is 0 Å². The van der Waals surface area contributed by atoms with Crippen molar-refractivity contribution in [2.75, 3.05) is 0 Å². The number of unbranched alkanes of at least 4 members (excludes halogenated alkanes) is 8. The van der Waals surface area contributed by atoms with Gasteiger partial charge in [-0.25, -0.2) is 0 Å². The first-order chi connectivity index (χ1) is 13.1. The number of hydrogen-bond donors (Lipinski definition) is 4. The second-order valence-electron chi connectivity index (χ2n) is 7.31. The van der Waals surface area contributed by atoms with E-state index in [0.29, 0.717) is 0 Å². The van der Waals surface area contributed by atoms with E-state index in [1.807, 2.05) is 0 Å². The van der Waals surface area contributed by atoms with Crippen molar-refractivity contribution >= 4 is 0 Å². The largest absolute Gasteiger partial charge is 0.508 e. The van der Waals surface area contributed by atoms with Crippen LogP contribution in [0.15, 0.2) is 36.4 Å². The van der Waals surface area contributed by atoms with Crippen LogP contribution >= 0.6 is 0 Å². The van der Waals surface area contributed by atoms with Gasteiger partial charge in [0, 0.05) is 12.1 Å². The van der Waals surface area contributed by atoms with Gasteiger partial charge in [-0.3, -0.25) is 0 Å². The smallest absolute Gasteiger partial charge is 0.122 e. The Morgan fingerprint density at radius 3 is 1.11 bits per heavy atom. The van der Waals surface area contributed by atoms with Crippen molar-refractivity contribution in [2.24, 2.45) is 0 Å². The summed E-state index contributed by atoms with van der Waals surface area (Å²) >= 11 is 0. The molecular weight excluding hydrogens is 340 g/mol. The summed E-state index contributed by atoms with van der Waals surface area (Å²) in [6.45, 7) is 0. The minimum atomic E-state index is 0.108. The zero-order valence-corrected chi connectivity index (χ0v) is 16.0. The average molecular weight is 373 g/mol. The normalized spacial score (nSPS) is 11.0. The van der Waals surface area contributed by atoms with Gasteiger partial charge in [0.05, 0.1) is 0 Å². The number of hydrogen-bond acceptors (Lipinski definition) is 4. The Bertz CT molecular complexity index is 637. The molecule has 27 heavy (non-hydrogen) atoms. The highest BCUT2D eigenvalue weighted by Crippen LogP contribution is 2.25. The first-order valence-corrected chi connectivity index (χ1v) is 10.1. The summed E-state index contributed by atoms with van der Waals surface area (Å²) in [7, 11) is 0. The molecule has 148 valence electrons. The molecule has 0 fully saturated rings. The quantitative estimate of drug-likeness (QED) is 0.355. The predicted octanol–water partition coefficient (Wildman–Crippen LogP) is 5.81. The van der Waals surface area contributed by atoms with E-state index in [0.717, 1.165) is 36.8 Å². The minimum absolute atomic E-state index is 0.108. The molecule has 4 nitrogen and oxygen atoms in total. The molecule has 0 radical (unpaired) electrons. The van der Waals surface area contributed by atoms with Crippen molar-refractivity contribution in [1.29, 1.82) is 0 Å². The molecule has 0 bridgehead atoms. The highest BCUT2D eigenvalue weighted by Gasteiger charge is 2.03. The predicted molar refractivity (Wildman–Crippen MR) is 109 cm³/mol. The maximum atomic E-state index is 9.75. The van der Waals surface area contributed by atoms with Crippen LogP contribution in [0, 0.1) is 0 Å². The fraction of sp³-hybridized carbons (Fsp3) is 0.478. The molecule has 4 N–H and O–H groups in total. The summed E-state index contributed by atoms with van der Waals surface area (Å²) in [5, 5.41) is 38.1. The van der Waals surface area contributed by atoms with Crippen LogP contribution in [-0.4, -0.2) is 20.4 Å². The molecule has 0 amide bonds. The van der Waals surface area contributed by atoms with Crippen molar-refractivity contribution in [3.63, 3.8) is 0 Å². The number of phenols is 4. The van der Waals surface area contributed by atoms with Gasteiger partial charge >= 0.3 is 0 Å². The van der Waals surface area contributed by atoms with Crippen LogP contribution in [0.4, 0.5) is 0 Å².